The molecule has 2 heteroatoms. The Morgan fingerprint density at radius 2 is 2.08 bits per heavy atom. The summed E-state index contributed by atoms with van der Waals surface area (Å²) in [6.45, 7) is 5.88. The summed E-state index contributed by atoms with van der Waals surface area (Å²) in [5, 5.41) is 0. The first-order valence-corrected chi connectivity index (χ1v) is 4.57. The highest BCUT2D eigenvalue weighted by molar-refractivity contribution is 5.66. The molecule has 0 radical (unpaired) electrons. The number of allylic oxidation sites excluding steroid dienone is 3. The van der Waals surface area contributed by atoms with Crippen LogP contribution in [0, 0.1) is 0 Å². The lowest BCUT2D eigenvalue weighted by Crippen LogP contribution is -1.98. The summed E-state index contributed by atoms with van der Waals surface area (Å²) >= 11 is 0. The first-order valence-electron chi connectivity index (χ1n) is 4.57. The van der Waals surface area contributed by atoms with Crippen molar-refractivity contribution in [3.05, 3.63) is 23.8 Å². The van der Waals surface area contributed by atoms with Crippen molar-refractivity contribution >= 4 is 5.97 Å². The topological polar surface area (TPSA) is 26.3 Å². The molecule has 0 aromatic carbocycles. The average Bonchev–Trinajstić information content (AvgIpc) is 2.04. The summed E-state index contributed by atoms with van der Waals surface area (Å²) in [7, 11) is 0. The molecule has 0 fully saturated rings. The van der Waals surface area contributed by atoms with E-state index < -0.39 is 0 Å². The first kappa shape index (κ1) is 11.9. The molecule has 0 atom stereocenters. The van der Waals surface area contributed by atoms with E-state index in [2.05, 4.69) is 6.08 Å². The van der Waals surface area contributed by atoms with Crippen molar-refractivity contribution in [1.29, 1.82) is 0 Å². The van der Waals surface area contributed by atoms with Gasteiger partial charge < -0.3 is 4.74 Å². The minimum atomic E-state index is -0.225. The van der Waals surface area contributed by atoms with Gasteiger partial charge in [-0.3, -0.25) is 4.79 Å². The highest BCUT2D eigenvalue weighted by Crippen LogP contribution is 2.04. The van der Waals surface area contributed by atoms with Crippen LogP contribution in [-0.4, -0.2) is 12.6 Å². The highest BCUT2D eigenvalue weighted by Gasteiger charge is 1.90. The third-order valence-electron chi connectivity index (χ3n) is 1.66. The van der Waals surface area contributed by atoms with E-state index in [-0.39, 0.29) is 5.97 Å². The molecule has 0 amide bonds. The predicted molar refractivity (Wildman–Crippen MR) is 54.4 cm³/mol. The molecule has 0 aliphatic carbocycles. The fraction of sp³-hybridized carbons (Fsp3) is 0.545. The second-order valence-corrected chi connectivity index (χ2v) is 2.96. The van der Waals surface area contributed by atoms with Gasteiger partial charge in [-0.25, -0.2) is 0 Å². The molecule has 2 nitrogen and oxygen atoms in total. The standard InChI is InChI=1S/C11H18O2/c1-4-5-6-7-10(2)8-9-13-11(3)12/h4-5,8H,6-7,9H2,1-3H3/b5-4+,10-8-. The van der Waals surface area contributed by atoms with Crippen molar-refractivity contribution in [2.45, 2.75) is 33.6 Å². The lowest BCUT2D eigenvalue weighted by atomic mass is 10.1. The first-order chi connectivity index (χ1) is 6.16. The number of rotatable bonds is 5. The second-order valence-electron chi connectivity index (χ2n) is 2.96. The van der Waals surface area contributed by atoms with Crippen LogP contribution in [0.3, 0.4) is 0 Å². The van der Waals surface area contributed by atoms with Crippen molar-refractivity contribution in [3.8, 4) is 0 Å². The van der Waals surface area contributed by atoms with E-state index >= 15 is 0 Å². The molecule has 0 aliphatic rings. The number of carbonyl (C=O) groups is 1. The number of hydrogen-bond acceptors (Lipinski definition) is 2. The van der Waals surface area contributed by atoms with Gasteiger partial charge in [0.25, 0.3) is 0 Å². The summed E-state index contributed by atoms with van der Waals surface area (Å²) in [5.41, 5.74) is 1.26. The Hall–Kier alpha value is -1.05. The van der Waals surface area contributed by atoms with Crippen molar-refractivity contribution < 1.29 is 9.53 Å². The normalized spacial score (nSPS) is 12.1. The minimum Gasteiger partial charge on any atom is -0.462 e. The zero-order valence-electron chi connectivity index (χ0n) is 8.67. The van der Waals surface area contributed by atoms with Gasteiger partial charge in [-0.15, -0.1) is 0 Å². The van der Waals surface area contributed by atoms with Gasteiger partial charge in [-0.1, -0.05) is 17.7 Å². The molecule has 13 heavy (non-hydrogen) atoms. The SMILES string of the molecule is C/C=C/CC/C(C)=C\COC(C)=O. The summed E-state index contributed by atoms with van der Waals surface area (Å²) < 4.78 is 4.79. The molecule has 0 aromatic heterocycles. The predicted octanol–water partition coefficient (Wildman–Crippen LogP) is 2.85. The molecule has 0 heterocycles. The third kappa shape index (κ3) is 8.86. The van der Waals surface area contributed by atoms with Gasteiger partial charge in [0.15, 0.2) is 0 Å². The fourth-order valence-electron chi connectivity index (χ4n) is 0.881. The molecule has 74 valence electrons. The maximum Gasteiger partial charge on any atom is 0.302 e. The molecule has 0 aromatic rings. The summed E-state index contributed by atoms with van der Waals surface area (Å²) in [6.07, 6.45) is 8.21. The van der Waals surface area contributed by atoms with Gasteiger partial charge in [-0.05, 0) is 32.8 Å². The van der Waals surface area contributed by atoms with Crippen LogP contribution in [0.1, 0.15) is 33.6 Å². The molecule has 0 saturated heterocycles. The monoisotopic (exact) mass is 182 g/mol. The van der Waals surface area contributed by atoms with Crippen molar-refractivity contribution in [2.75, 3.05) is 6.61 Å². The maximum atomic E-state index is 10.4. The molecule has 0 N–H and O–H groups in total. The van der Waals surface area contributed by atoms with Gasteiger partial charge in [0.05, 0.1) is 0 Å². The maximum absolute atomic E-state index is 10.4. The molecule has 0 unspecified atom stereocenters. The molecule has 0 aliphatic heterocycles. The van der Waals surface area contributed by atoms with E-state index in [9.17, 15) is 4.79 Å². The van der Waals surface area contributed by atoms with Crippen molar-refractivity contribution in [1.82, 2.24) is 0 Å². The minimum absolute atomic E-state index is 0.225. The van der Waals surface area contributed by atoms with E-state index in [1.807, 2.05) is 26.0 Å². The van der Waals surface area contributed by atoms with Crippen LogP contribution in [0.2, 0.25) is 0 Å². The van der Waals surface area contributed by atoms with Crippen molar-refractivity contribution in [2.24, 2.45) is 0 Å². The second kappa shape index (κ2) is 7.59. The summed E-state index contributed by atoms with van der Waals surface area (Å²) in [5.74, 6) is -0.225. The van der Waals surface area contributed by atoms with Gasteiger partial charge >= 0.3 is 5.97 Å². The largest absolute Gasteiger partial charge is 0.462 e. The number of carbonyl (C=O) groups excluding carboxylic acids is 1. The van der Waals surface area contributed by atoms with E-state index in [0.29, 0.717) is 6.61 Å². The van der Waals surface area contributed by atoms with Crippen LogP contribution in [-0.2, 0) is 9.53 Å². The Morgan fingerprint density at radius 3 is 2.62 bits per heavy atom. The van der Waals surface area contributed by atoms with Gasteiger partial charge in [-0.2, -0.15) is 0 Å². The average molecular weight is 182 g/mol. The molecule has 0 bridgehead atoms. The van der Waals surface area contributed by atoms with Crippen molar-refractivity contribution in [3.63, 3.8) is 0 Å². The molecular formula is C11H18O2. The smallest absolute Gasteiger partial charge is 0.302 e. The molecule has 0 rings (SSSR count). The highest BCUT2D eigenvalue weighted by atomic mass is 16.5. The Bertz CT molecular complexity index is 202. The Kier molecular flexibility index (Phi) is 6.98. The molecular weight excluding hydrogens is 164 g/mol. The van der Waals surface area contributed by atoms with Gasteiger partial charge in [0.2, 0.25) is 0 Å². The van der Waals surface area contributed by atoms with Crippen LogP contribution < -0.4 is 0 Å². The zero-order chi connectivity index (χ0) is 10.1. The van der Waals surface area contributed by atoms with E-state index in [1.165, 1.54) is 12.5 Å². The van der Waals surface area contributed by atoms with E-state index in [1.54, 1.807) is 0 Å². The number of hydrogen-bond donors (Lipinski definition) is 0. The lowest BCUT2D eigenvalue weighted by molar-refractivity contribution is -0.139. The third-order valence-corrected chi connectivity index (χ3v) is 1.66. The Morgan fingerprint density at radius 1 is 1.38 bits per heavy atom. The Balaban J connectivity index is 3.56. The van der Waals surface area contributed by atoms with Crippen LogP contribution in [0.25, 0.3) is 0 Å². The Labute approximate surface area is 80.3 Å². The van der Waals surface area contributed by atoms with Crippen LogP contribution in [0.5, 0.6) is 0 Å². The van der Waals surface area contributed by atoms with Gasteiger partial charge in [0, 0.05) is 6.92 Å². The summed E-state index contributed by atoms with van der Waals surface area (Å²) in [6, 6.07) is 0. The van der Waals surface area contributed by atoms with E-state index in [0.717, 1.165) is 12.8 Å². The van der Waals surface area contributed by atoms with Crippen LogP contribution >= 0.6 is 0 Å². The molecule has 0 saturated carbocycles. The van der Waals surface area contributed by atoms with Crippen LogP contribution in [0.15, 0.2) is 23.8 Å². The number of ether oxygens (including phenoxy) is 1. The quantitative estimate of drug-likeness (QED) is 0.482. The lowest BCUT2D eigenvalue weighted by Gasteiger charge is -1.99. The zero-order valence-corrected chi connectivity index (χ0v) is 8.67. The van der Waals surface area contributed by atoms with Gasteiger partial charge in [0.1, 0.15) is 6.61 Å². The van der Waals surface area contributed by atoms with Crippen LogP contribution in [0.4, 0.5) is 0 Å². The fourth-order valence-corrected chi connectivity index (χ4v) is 0.881. The molecule has 0 spiro atoms. The number of esters is 1. The van der Waals surface area contributed by atoms with E-state index in [4.69, 9.17) is 4.74 Å². The summed E-state index contributed by atoms with van der Waals surface area (Å²) in [4.78, 5) is 10.4.